The van der Waals surface area contributed by atoms with Crippen molar-refractivity contribution < 1.29 is 19.1 Å². The van der Waals surface area contributed by atoms with E-state index in [0.29, 0.717) is 42.8 Å². The van der Waals surface area contributed by atoms with E-state index >= 15 is 0 Å². The molecule has 38 heavy (non-hydrogen) atoms. The molecule has 2 N–H and O–H groups in total. The van der Waals surface area contributed by atoms with Gasteiger partial charge in [-0.25, -0.2) is 9.78 Å². The number of fused-ring (bicyclic) bond motifs is 1. The molecule has 8 heteroatoms. The molecule has 0 aliphatic rings. The number of benzene rings is 2. The maximum Gasteiger partial charge on any atom is 0.356 e. The van der Waals surface area contributed by atoms with Crippen LogP contribution in [-0.4, -0.2) is 48.8 Å². The first kappa shape index (κ1) is 26.9. The highest BCUT2D eigenvalue weighted by atomic mass is 16.5. The Morgan fingerprint density at radius 3 is 2.42 bits per heavy atom. The van der Waals surface area contributed by atoms with Gasteiger partial charge in [-0.3, -0.25) is 4.79 Å². The molecule has 1 amide bonds. The van der Waals surface area contributed by atoms with E-state index in [1.54, 1.807) is 17.9 Å². The lowest BCUT2D eigenvalue weighted by atomic mass is 10.0. The van der Waals surface area contributed by atoms with E-state index in [-0.39, 0.29) is 23.9 Å². The average molecular weight is 515 g/mol. The summed E-state index contributed by atoms with van der Waals surface area (Å²) in [7, 11) is 2.92. The molecule has 0 spiro atoms. The highest BCUT2D eigenvalue weighted by molar-refractivity contribution is 6.11. The molecule has 0 radical (unpaired) electrons. The van der Waals surface area contributed by atoms with Gasteiger partial charge in [-0.15, -0.1) is 0 Å². The zero-order valence-electron chi connectivity index (χ0n) is 22.1. The summed E-state index contributed by atoms with van der Waals surface area (Å²) in [5.41, 5.74) is 4.31. The van der Waals surface area contributed by atoms with Gasteiger partial charge in [-0.05, 0) is 29.5 Å². The quantitative estimate of drug-likeness (QED) is 0.251. The Kier molecular flexibility index (Phi) is 9.11. The number of hydrogen-bond acceptors (Lipinski definition) is 6. The third-order valence-corrected chi connectivity index (χ3v) is 6.53. The normalized spacial score (nSPS) is 11.8. The van der Waals surface area contributed by atoms with Gasteiger partial charge in [-0.1, -0.05) is 67.6 Å². The van der Waals surface area contributed by atoms with E-state index in [0.717, 1.165) is 11.3 Å². The summed E-state index contributed by atoms with van der Waals surface area (Å²) in [6, 6.07) is 22.0. The van der Waals surface area contributed by atoms with Gasteiger partial charge < -0.3 is 24.7 Å². The molecule has 2 aromatic heterocycles. The summed E-state index contributed by atoms with van der Waals surface area (Å²) in [5.74, 6) is -0.466. The first-order valence-electron chi connectivity index (χ1n) is 12.7. The second-order valence-electron chi connectivity index (χ2n) is 9.18. The SMILES string of the molecule is COCCn1c(C(=O)OC)c(NC(=O)CCc2ccccc2)c2cc(NC[C@H](C)c3ccccc3)cnc21. The number of hydrogen-bond donors (Lipinski definition) is 2. The number of anilines is 2. The maximum absolute atomic E-state index is 13.0. The highest BCUT2D eigenvalue weighted by Crippen LogP contribution is 2.33. The Morgan fingerprint density at radius 1 is 1.03 bits per heavy atom. The minimum absolute atomic E-state index is 0.194. The highest BCUT2D eigenvalue weighted by Gasteiger charge is 2.26. The zero-order valence-corrected chi connectivity index (χ0v) is 22.1. The van der Waals surface area contributed by atoms with E-state index in [2.05, 4.69) is 34.7 Å². The van der Waals surface area contributed by atoms with E-state index in [9.17, 15) is 9.59 Å². The molecule has 0 saturated carbocycles. The molecule has 0 unspecified atom stereocenters. The molecule has 198 valence electrons. The smallest absolute Gasteiger partial charge is 0.356 e. The molecule has 0 fully saturated rings. The van der Waals surface area contributed by atoms with Gasteiger partial charge in [0.25, 0.3) is 0 Å². The second kappa shape index (κ2) is 12.9. The summed E-state index contributed by atoms with van der Waals surface area (Å²) in [4.78, 5) is 30.6. The summed E-state index contributed by atoms with van der Waals surface area (Å²) >= 11 is 0. The average Bonchev–Trinajstić information content (AvgIpc) is 3.26. The molecular weight excluding hydrogens is 480 g/mol. The number of carbonyl (C=O) groups excluding carboxylic acids is 2. The van der Waals surface area contributed by atoms with Crippen LogP contribution in [-0.2, 0) is 27.2 Å². The van der Waals surface area contributed by atoms with Gasteiger partial charge in [-0.2, -0.15) is 0 Å². The van der Waals surface area contributed by atoms with Crippen molar-refractivity contribution in [2.75, 3.05) is 38.0 Å². The minimum atomic E-state index is -0.551. The number of nitrogens with one attached hydrogen (secondary N) is 2. The van der Waals surface area contributed by atoms with Crippen molar-refractivity contribution in [3.8, 4) is 0 Å². The minimum Gasteiger partial charge on any atom is -0.464 e. The van der Waals surface area contributed by atoms with Gasteiger partial charge in [0.15, 0.2) is 5.69 Å². The van der Waals surface area contributed by atoms with Crippen molar-refractivity contribution in [2.24, 2.45) is 0 Å². The first-order chi connectivity index (χ1) is 18.5. The lowest BCUT2D eigenvalue weighted by Gasteiger charge is -2.14. The van der Waals surface area contributed by atoms with Gasteiger partial charge in [0.2, 0.25) is 5.91 Å². The number of pyridine rings is 1. The van der Waals surface area contributed by atoms with Crippen LogP contribution >= 0.6 is 0 Å². The predicted molar refractivity (Wildman–Crippen MR) is 150 cm³/mol. The maximum atomic E-state index is 13.0. The van der Waals surface area contributed by atoms with Gasteiger partial charge in [0, 0.05) is 32.0 Å². The van der Waals surface area contributed by atoms with Gasteiger partial charge in [0.05, 0.1) is 31.3 Å². The molecule has 0 bridgehead atoms. The van der Waals surface area contributed by atoms with E-state index in [1.807, 2.05) is 54.6 Å². The monoisotopic (exact) mass is 514 g/mol. The Bertz CT molecular complexity index is 1370. The number of carbonyl (C=O) groups is 2. The Hall–Kier alpha value is -4.17. The summed E-state index contributed by atoms with van der Waals surface area (Å²) < 4.78 is 12.1. The summed E-state index contributed by atoms with van der Waals surface area (Å²) in [6.07, 6.45) is 2.60. The fourth-order valence-electron chi connectivity index (χ4n) is 4.43. The summed E-state index contributed by atoms with van der Waals surface area (Å²) in [5, 5.41) is 7.10. The number of methoxy groups -OCH3 is 2. The molecule has 2 aromatic carbocycles. The van der Waals surface area contributed by atoms with E-state index in [4.69, 9.17) is 9.47 Å². The number of aryl methyl sites for hydroxylation is 1. The van der Waals surface area contributed by atoms with Crippen molar-refractivity contribution in [1.29, 1.82) is 0 Å². The largest absolute Gasteiger partial charge is 0.464 e. The van der Waals surface area contributed by atoms with Crippen LogP contribution in [0.2, 0.25) is 0 Å². The van der Waals surface area contributed by atoms with Crippen molar-refractivity contribution in [1.82, 2.24) is 9.55 Å². The van der Waals surface area contributed by atoms with Gasteiger partial charge >= 0.3 is 5.97 Å². The van der Waals surface area contributed by atoms with E-state index in [1.165, 1.54) is 12.7 Å². The van der Waals surface area contributed by atoms with Crippen LogP contribution in [0.4, 0.5) is 11.4 Å². The van der Waals surface area contributed by atoms with Crippen molar-refractivity contribution in [3.05, 3.63) is 89.7 Å². The van der Waals surface area contributed by atoms with Crippen LogP contribution in [0.1, 0.15) is 40.9 Å². The van der Waals surface area contributed by atoms with Crippen LogP contribution in [0.3, 0.4) is 0 Å². The molecule has 1 atom stereocenters. The lowest BCUT2D eigenvalue weighted by molar-refractivity contribution is -0.116. The standard InChI is InChI=1S/C30H34N4O4/c1-21(23-12-8-5-9-13-23)19-31-24-18-25-27(33-26(35)15-14-22-10-6-4-7-11-22)28(30(36)38-3)34(16-17-37-2)29(25)32-20-24/h4-13,18,20-21,31H,14-17,19H2,1-3H3,(H,33,35)/t21-/m0/s1. The number of amides is 1. The van der Waals surface area contributed by atoms with E-state index < -0.39 is 5.97 Å². The Morgan fingerprint density at radius 2 is 1.74 bits per heavy atom. The van der Waals surface area contributed by atoms with Gasteiger partial charge in [0.1, 0.15) is 5.65 Å². The van der Waals surface area contributed by atoms with Crippen LogP contribution in [0.25, 0.3) is 11.0 Å². The third kappa shape index (κ3) is 6.39. The predicted octanol–water partition coefficient (Wildman–Crippen LogP) is 5.26. The summed E-state index contributed by atoms with van der Waals surface area (Å²) in [6.45, 7) is 3.60. The molecule has 4 rings (SSSR count). The lowest BCUT2D eigenvalue weighted by Crippen LogP contribution is -2.18. The number of rotatable bonds is 12. The number of ether oxygens (including phenoxy) is 2. The molecule has 8 nitrogen and oxygen atoms in total. The number of nitrogens with zero attached hydrogens (tertiary/aromatic N) is 2. The van der Waals surface area contributed by atoms with Crippen LogP contribution < -0.4 is 10.6 Å². The Balaban J connectivity index is 1.65. The Labute approximate surface area is 223 Å². The van der Waals surface area contributed by atoms with Crippen molar-refractivity contribution in [2.45, 2.75) is 32.2 Å². The fourth-order valence-corrected chi connectivity index (χ4v) is 4.43. The molecule has 4 aromatic rings. The van der Waals surface area contributed by atoms with Crippen LogP contribution in [0.5, 0.6) is 0 Å². The fraction of sp³-hybridized carbons (Fsp3) is 0.300. The van der Waals surface area contributed by atoms with Crippen LogP contribution in [0, 0.1) is 0 Å². The third-order valence-electron chi connectivity index (χ3n) is 6.53. The number of esters is 1. The van der Waals surface area contributed by atoms with Crippen LogP contribution in [0.15, 0.2) is 72.9 Å². The van der Waals surface area contributed by atoms with Crippen molar-refractivity contribution >= 4 is 34.3 Å². The molecule has 0 saturated heterocycles. The zero-order chi connectivity index (χ0) is 26.9. The first-order valence-corrected chi connectivity index (χ1v) is 12.7. The number of aromatic nitrogens is 2. The molecule has 0 aliphatic carbocycles. The molecular formula is C30H34N4O4. The topological polar surface area (TPSA) is 94.5 Å². The second-order valence-corrected chi connectivity index (χ2v) is 9.18. The van der Waals surface area contributed by atoms with Crippen molar-refractivity contribution in [3.63, 3.8) is 0 Å². The molecule has 0 aliphatic heterocycles. The molecule has 2 heterocycles.